The van der Waals surface area contributed by atoms with Crippen LogP contribution in [0, 0.1) is 0 Å². The van der Waals surface area contributed by atoms with Crippen LogP contribution in [0.1, 0.15) is 26.3 Å². The van der Waals surface area contributed by atoms with Gasteiger partial charge in [-0.05, 0) is 41.5 Å². The zero-order valence-corrected chi connectivity index (χ0v) is 20.5. The molecule has 3 aromatic rings. The number of nitrogens with one attached hydrogen (secondary N) is 1. The van der Waals surface area contributed by atoms with Crippen LogP contribution < -0.4 is 14.2 Å². The Balaban J connectivity index is 1.99. The Labute approximate surface area is 198 Å². The predicted octanol–water partition coefficient (Wildman–Crippen LogP) is 4.46. The molecular formula is C23H27N3O5S2. The number of aliphatic hydroxyl groups excluding tert-OH is 1. The molecule has 33 heavy (non-hydrogen) atoms. The molecule has 1 heterocycles. The van der Waals surface area contributed by atoms with Gasteiger partial charge in [0, 0.05) is 4.90 Å². The standard InChI is InChI=1S/C23H27N3O5S2/c1-23(2,3)16-9-11-17(12-10-16)33(28,29)26-21-20(22(25-15-24-21)30-14-13-27)31-18-7-5-6-8-19(18)32-4/h5-12,15,27H,13-14H2,1-4H3,(H,24,25,26). The van der Waals surface area contributed by atoms with Gasteiger partial charge in [-0.25, -0.2) is 13.4 Å². The molecule has 0 unspecified atom stereocenters. The topological polar surface area (TPSA) is 111 Å². The molecule has 0 atom stereocenters. The van der Waals surface area contributed by atoms with E-state index in [9.17, 15) is 8.42 Å². The van der Waals surface area contributed by atoms with Gasteiger partial charge in [0.1, 0.15) is 18.7 Å². The highest BCUT2D eigenvalue weighted by Gasteiger charge is 2.23. The number of anilines is 1. The van der Waals surface area contributed by atoms with Crippen molar-refractivity contribution in [2.45, 2.75) is 36.0 Å². The van der Waals surface area contributed by atoms with Crippen molar-refractivity contribution in [2.24, 2.45) is 0 Å². The first-order valence-electron chi connectivity index (χ1n) is 10.2. The van der Waals surface area contributed by atoms with Crippen LogP contribution in [0.25, 0.3) is 0 Å². The third kappa shape index (κ3) is 6.16. The van der Waals surface area contributed by atoms with Gasteiger partial charge in [0.15, 0.2) is 5.82 Å². The van der Waals surface area contributed by atoms with E-state index in [4.69, 9.17) is 14.6 Å². The van der Waals surface area contributed by atoms with Crippen molar-refractivity contribution in [3.05, 3.63) is 60.4 Å². The maximum absolute atomic E-state index is 13.1. The minimum atomic E-state index is -3.97. The zero-order valence-electron chi connectivity index (χ0n) is 18.9. The molecule has 0 aliphatic rings. The molecule has 0 radical (unpaired) electrons. The smallest absolute Gasteiger partial charge is 0.263 e. The number of sulfonamides is 1. The number of ether oxygens (including phenoxy) is 2. The van der Waals surface area contributed by atoms with Crippen LogP contribution in [0.15, 0.2) is 64.6 Å². The summed E-state index contributed by atoms with van der Waals surface area (Å²) in [6.45, 7) is 5.88. The van der Waals surface area contributed by atoms with E-state index < -0.39 is 10.0 Å². The van der Waals surface area contributed by atoms with Gasteiger partial charge in [-0.15, -0.1) is 11.8 Å². The maximum Gasteiger partial charge on any atom is 0.263 e. The van der Waals surface area contributed by atoms with E-state index in [0.717, 1.165) is 10.5 Å². The Morgan fingerprint density at radius 2 is 1.76 bits per heavy atom. The van der Waals surface area contributed by atoms with Crippen LogP contribution in [-0.2, 0) is 15.4 Å². The normalized spacial score (nSPS) is 11.8. The van der Waals surface area contributed by atoms with E-state index in [0.29, 0.717) is 5.75 Å². The molecule has 2 N–H and O–H groups in total. The number of aromatic nitrogens is 2. The van der Waals surface area contributed by atoms with Crippen molar-refractivity contribution >= 4 is 27.6 Å². The second-order valence-corrected chi connectivity index (χ2v) is 10.6. The van der Waals surface area contributed by atoms with Crippen molar-refractivity contribution in [1.29, 1.82) is 0 Å². The highest BCUT2D eigenvalue weighted by atomic mass is 32.2. The fraction of sp³-hybridized carbons (Fsp3) is 0.304. The summed E-state index contributed by atoms with van der Waals surface area (Å²) in [5, 5.41) is 9.15. The first-order chi connectivity index (χ1) is 15.7. The number of para-hydroxylation sites is 1. The SMILES string of the molecule is CSc1ccccc1Oc1c(NS(=O)(=O)c2ccc(C(C)(C)C)cc2)ncnc1OCCO. The van der Waals surface area contributed by atoms with Gasteiger partial charge in [0.25, 0.3) is 15.9 Å². The van der Waals surface area contributed by atoms with Crippen LogP contribution in [-0.4, -0.2) is 43.0 Å². The largest absolute Gasteiger partial charge is 0.472 e. The summed E-state index contributed by atoms with van der Waals surface area (Å²) < 4.78 is 40.2. The summed E-state index contributed by atoms with van der Waals surface area (Å²) in [6.07, 6.45) is 3.07. The quantitative estimate of drug-likeness (QED) is 0.424. The van der Waals surface area contributed by atoms with Gasteiger partial charge < -0.3 is 14.6 Å². The Hall–Kier alpha value is -2.82. The maximum atomic E-state index is 13.1. The van der Waals surface area contributed by atoms with Crippen molar-refractivity contribution in [1.82, 2.24) is 9.97 Å². The van der Waals surface area contributed by atoms with E-state index in [1.165, 1.54) is 18.1 Å². The van der Waals surface area contributed by atoms with Gasteiger partial charge in [-0.2, -0.15) is 4.98 Å². The predicted molar refractivity (Wildman–Crippen MR) is 129 cm³/mol. The van der Waals surface area contributed by atoms with E-state index in [1.54, 1.807) is 36.4 Å². The molecule has 3 rings (SSSR count). The summed E-state index contributed by atoms with van der Waals surface area (Å²) >= 11 is 1.47. The Kier molecular flexibility index (Phi) is 7.83. The Bertz CT molecular complexity index is 1190. The monoisotopic (exact) mass is 489 g/mol. The van der Waals surface area contributed by atoms with Gasteiger partial charge in [0.05, 0.1) is 11.5 Å². The summed E-state index contributed by atoms with van der Waals surface area (Å²) in [5.74, 6) is 0.426. The molecule has 0 saturated heterocycles. The van der Waals surface area contributed by atoms with E-state index >= 15 is 0 Å². The molecule has 2 aromatic carbocycles. The lowest BCUT2D eigenvalue weighted by Gasteiger charge is -2.19. The molecule has 0 saturated carbocycles. The van der Waals surface area contributed by atoms with Crippen molar-refractivity contribution in [3.8, 4) is 17.4 Å². The van der Waals surface area contributed by atoms with Crippen LogP contribution in [0.3, 0.4) is 0 Å². The van der Waals surface area contributed by atoms with Gasteiger partial charge >= 0.3 is 0 Å². The highest BCUT2D eigenvalue weighted by Crippen LogP contribution is 2.39. The van der Waals surface area contributed by atoms with Gasteiger partial charge in [-0.3, -0.25) is 4.72 Å². The van der Waals surface area contributed by atoms with Gasteiger partial charge in [-0.1, -0.05) is 45.0 Å². The molecule has 0 aliphatic carbocycles. The highest BCUT2D eigenvalue weighted by molar-refractivity contribution is 7.98. The number of thioether (sulfide) groups is 1. The number of benzene rings is 2. The second-order valence-electron chi connectivity index (χ2n) is 8.06. The molecule has 8 nitrogen and oxygen atoms in total. The number of hydrogen-bond donors (Lipinski definition) is 2. The summed E-state index contributed by atoms with van der Waals surface area (Å²) in [5.41, 5.74) is 0.911. The van der Waals surface area contributed by atoms with Crippen LogP contribution >= 0.6 is 11.8 Å². The van der Waals surface area contributed by atoms with Crippen molar-refractivity contribution in [3.63, 3.8) is 0 Å². The van der Waals surface area contributed by atoms with E-state index in [1.807, 2.05) is 18.4 Å². The molecule has 10 heteroatoms. The lowest BCUT2D eigenvalue weighted by molar-refractivity contribution is 0.192. The Morgan fingerprint density at radius 3 is 2.39 bits per heavy atom. The lowest BCUT2D eigenvalue weighted by atomic mass is 9.87. The number of hydrogen-bond acceptors (Lipinski definition) is 8. The second kappa shape index (κ2) is 10.4. The lowest BCUT2D eigenvalue weighted by Crippen LogP contribution is -2.16. The minimum Gasteiger partial charge on any atom is -0.472 e. The molecule has 0 aliphatic heterocycles. The molecule has 176 valence electrons. The fourth-order valence-corrected chi connectivity index (χ4v) is 4.44. The molecule has 1 aromatic heterocycles. The average Bonchev–Trinajstić information content (AvgIpc) is 2.79. The summed E-state index contributed by atoms with van der Waals surface area (Å²) in [6, 6.07) is 14.0. The number of nitrogens with zero attached hydrogens (tertiary/aromatic N) is 2. The Morgan fingerprint density at radius 1 is 1.06 bits per heavy atom. The fourth-order valence-electron chi connectivity index (χ4n) is 2.90. The first kappa shape index (κ1) is 24.8. The minimum absolute atomic E-state index is 0.00216. The molecule has 0 spiro atoms. The zero-order chi connectivity index (χ0) is 24.1. The molecule has 0 bridgehead atoms. The van der Waals surface area contributed by atoms with E-state index in [2.05, 4.69) is 35.5 Å². The van der Waals surface area contributed by atoms with Crippen molar-refractivity contribution in [2.75, 3.05) is 24.2 Å². The summed E-state index contributed by atoms with van der Waals surface area (Å²) in [4.78, 5) is 9.07. The van der Waals surface area contributed by atoms with E-state index in [-0.39, 0.29) is 41.0 Å². The van der Waals surface area contributed by atoms with Crippen LogP contribution in [0.5, 0.6) is 17.4 Å². The molecule has 0 amide bonds. The van der Waals surface area contributed by atoms with Crippen LogP contribution in [0.4, 0.5) is 5.82 Å². The molecule has 0 fully saturated rings. The molecular weight excluding hydrogens is 462 g/mol. The van der Waals surface area contributed by atoms with Gasteiger partial charge in [0.2, 0.25) is 5.75 Å². The number of aliphatic hydroxyl groups is 1. The number of rotatable bonds is 9. The summed E-state index contributed by atoms with van der Waals surface area (Å²) in [7, 11) is -3.97. The third-order valence-corrected chi connectivity index (χ3v) is 6.78. The van der Waals surface area contributed by atoms with Crippen molar-refractivity contribution < 1.29 is 23.0 Å². The third-order valence-electron chi connectivity index (χ3n) is 4.64. The van der Waals surface area contributed by atoms with Crippen LogP contribution in [0.2, 0.25) is 0 Å². The first-order valence-corrected chi connectivity index (χ1v) is 12.9. The average molecular weight is 490 g/mol.